The number of carbonyl (C=O) groups excluding carboxylic acids is 2. The molecule has 0 saturated heterocycles. The largest absolute Gasteiger partial charge is 0.482 e. The van der Waals surface area contributed by atoms with Crippen LogP contribution in [0.1, 0.15) is 12.7 Å². The van der Waals surface area contributed by atoms with Gasteiger partial charge in [0.05, 0.1) is 12.8 Å². The molecule has 0 aliphatic heterocycles. The van der Waals surface area contributed by atoms with Gasteiger partial charge in [-0.25, -0.2) is 4.79 Å². The van der Waals surface area contributed by atoms with Crippen molar-refractivity contribution in [3.8, 4) is 5.75 Å². The minimum Gasteiger partial charge on any atom is -0.482 e. The van der Waals surface area contributed by atoms with Crippen molar-refractivity contribution < 1.29 is 23.5 Å². The first-order valence-corrected chi connectivity index (χ1v) is 7.30. The van der Waals surface area contributed by atoms with E-state index in [1.165, 1.54) is 13.2 Å². The lowest BCUT2D eigenvalue weighted by Gasteiger charge is -2.13. The van der Waals surface area contributed by atoms with Crippen LogP contribution in [0.2, 0.25) is 5.02 Å². The van der Waals surface area contributed by atoms with Crippen LogP contribution in [0.25, 0.3) is 0 Å². The minimum atomic E-state index is -0.930. The van der Waals surface area contributed by atoms with Crippen molar-refractivity contribution >= 4 is 23.5 Å². The quantitative estimate of drug-likeness (QED) is 0.786. The Labute approximate surface area is 138 Å². The van der Waals surface area contributed by atoms with Gasteiger partial charge in [-0.3, -0.25) is 4.79 Å². The predicted molar refractivity (Wildman–Crippen MR) is 83.1 cm³/mol. The standard InChI is InChI=1S/C16H16ClNO5/c1-11(16(20)18-9-14-6-3-7-21-14)23-15(19)10-22-13-5-2-4-12(17)8-13/h2-8,11H,9-10H2,1H3,(H,18,20)/t11-/m1/s1. The number of carbonyl (C=O) groups is 2. The highest BCUT2D eigenvalue weighted by Crippen LogP contribution is 2.17. The maximum Gasteiger partial charge on any atom is 0.344 e. The molecule has 1 atom stereocenters. The fraction of sp³-hybridized carbons (Fsp3) is 0.250. The number of ether oxygens (including phenoxy) is 2. The Balaban J connectivity index is 1.72. The third kappa shape index (κ3) is 5.67. The van der Waals surface area contributed by atoms with E-state index in [2.05, 4.69) is 5.32 Å². The Bertz CT molecular complexity index is 656. The monoisotopic (exact) mass is 337 g/mol. The van der Waals surface area contributed by atoms with Gasteiger partial charge in [0.15, 0.2) is 12.7 Å². The van der Waals surface area contributed by atoms with E-state index >= 15 is 0 Å². The van der Waals surface area contributed by atoms with Gasteiger partial charge in [0, 0.05) is 5.02 Å². The molecule has 0 saturated carbocycles. The Morgan fingerprint density at radius 3 is 2.83 bits per heavy atom. The molecule has 1 heterocycles. The van der Waals surface area contributed by atoms with Crippen LogP contribution in [-0.2, 0) is 20.9 Å². The molecule has 2 rings (SSSR count). The smallest absolute Gasteiger partial charge is 0.344 e. The van der Waals surface area contributed by atoms with Crippen molar-refractivity contribution in [3.63, 3.8) is 0 Å². The van der Waals surface area contributed by atoms with E-state index in [4.69, 9.17) is 25.5 Å². The van der Waals surface area contributed by atoms with Gasteiger partial charge in [0.2, 0.25) is 0 Å². The third-order valence-electron chi connectivity index (χ3n) is 2.85. The van der Waals surface area contributed by atoms with Gasteiger partial charge < -0.3 is 19.2 Å². The Morgan fingerprint density at radius 2 is 2.13 bits per heavy atom. The number of hydrogen-bond acceptors (Lipinski definition) is 5. The summed E-state index contributed by atoms with van der Waals surface area (Å²) in [7, 11) is 0. The average molecular weight is 338 g/mol. The average Bonchev–Trinajstić information content (AvgIpc) is 3.04. The molecular weight excluding hydrogens is 322 g/mol. The molecule has 7 heteroatoms. The van der Waals surface area contributed by atoms with Crippen molar-refractivity contribution in [2.75, 3.05) is 6.61 Å². The molecule has 1 amide bonds. The predicted octanol–water partition coefficient (Wildman–Crippen LogP) is 2.56. The summed E-state index contributed by atoms with van der Waals surface area (Å²) in [4.78, 5) is 23.5. The zero-order chi connectivity index (χ0) is 16.7. The summed E-state index contributed by atoms with van der Waals surface area (Å²) in [5.74, 6) is -0.00586. The van der Waals surface area contributed by atoms with Crippen molar-refractivity contribution in [3.05, 3.63) is 53.4 Å². The molecule has 0 unspecified atom stereocenters. The molecule has 1 N–H and O–H groups in total. The fourth-order valence-corrected chi connectivity index (χ4v) is 1.90. The molecule has 0 fully saturated rings. The highest BCUT2D eigenvalue weighted by atomic mass is 35.5. The van der Waals surface area contributed by atoms with Crippen LogP contribution in [0.4, 0.5) is 0 Å². The minimum absolute atomic E-state index is 0.229. The van der Waals surface area contributed by atoms with Crippen molar-refractivity contribution in [2.24, 2.45) is 0 Å². The first-order chi connectivity index (χ1) is 11.0. The van der Waals surface area contributed by atoms with E-state index in [0.717, 1.165) is 0 Å². The number of benzene rings is 1. The maximum atomic E-state index is 11.8. The Kier molecular flexibility index (Phi) is 6.05. The SMILES string of the molecule is C[C@@H](OC(=O)COc1cccc(Cl)c1)C(=O)NCc1ccco1. The van der Waals surface area contributed by atoms with Crippen LogP contribution in [0.5, 0.6) is 5.75 Å². The second-order valence-electron chi connectivity index (χ2n) is 4.68. The molecule has 0 radical (unpaired) electrons. The molecular formula is C16H16ClNO5. The van der Waals surface area contributed by atoms with E-state index in [9.17, 15) is 9.59 Å². The summed E-state index contributed by atoms with van der Waals surface area (Å²) in [6.45, 7) is 1.40. The van der Waals surface area contributed by atoms with Crippen LogP contribution in [-0.4, -0.2) is 24.6 Å². The number of halogens is 1. The van der Waals surface area contributed by atoms with Crippen molar-refractivity contribution in [1.29, 1.82) is 0 Å². The van der Waals surface area contributed by atoms with Crippen LogP contribution in [0.3, 0.4) is 0 Å². The van der Waals surface area contributed by atoms with Gasteiger partial charge in [-0.1, -0.05) is 17.7 Å². The lowest BCUT2D eigenvalue weighted by Crippen LogP contribution is -2.36. The van der Waals surface area contributed by atoms with E-state index in [1.807, 2.05) is 0 Å². The molecule has 0 aliphatic carbocycles. The lowest BCUT2D eigenvalue weighted by molar-refractivity contribution is -0.156. The zero-order valence-electron chi connectivity index (χ0n) is 12.5. The second-order valence-corrected chi connectivity index (χ2v) is 5.11. The second kappa shape index (κ2) is 8.24. The molecule has 0 bridgehead atoms. The van der Waals surface area contributed by atoms with Crippen LogP contribution < -0.4 is 10.1 Å². The summed E-state index contributed by atoms with van der Waals surface area (Å²) in [5.41, 5.74) is 0. The highest BCUT2D eigenvalue weighted by Gasteiger charge is 2.18. The highest BCUT2D eigenvalue weighted by molar-refractivity contribution is 6.30. The molecule has 0 spiro atoms. The van der Waals surface area contributed by atoms with Gasteiger partial charge in [-0.2, -0.15) is 0 Å². The molecule has 122 valence electrons. The normalized spacial score (nSPS) is 11.6. The summed E-state index contributed by atoms with van der Waals surface area (Å²) in [6, 6.07) is 10.1. The van der Waals surface area contributed by atoms with E-state index < -0.39 is 18.0 Å². The third-order valence-corrected chi connectivity index (χ3v) is 3.08. The number of hydrogen-bond donors (Lipinski definition) is 1. The first-order valence-electron chi connectivity index (χ1n) is 6.92. The Hall–Kier alpha value is -2.47. The first kappa shape index (κ1) is 16.9. The molecule has 0 aliphatic rings. The van der Waals surface area contributed by atoms with Gasteiger partial charge >= 0.3 is 5.97 Å². The number of furan rings is 1. The van der Waals surface area contributed by atoms with Gasteiger partial charge in [0.25, 0.3) is 5.91 Å². The molecule has 23 heavy (non-hydrogen) atoms. The summed E-state index contributed by atoms with van der Waals surface area (Å²) < 4.78 is 15.3. The number of nitrogens with one attached hydrogen (secondary N) is 1. The zero-order valence-corrected chi connectivity index (χ0v) is 13.2. The number of rotatable bonds is 7. The van der Waals surface area contributed by atoms with Gasteiger partial charge in [-0.05, 0) is 37.3 Å². The van der Waals surface area contributed by atoms with Crippen molar-refractivity contribution in [1.82, 2.24) is 5.32 Å². The van der Waals surface area contributed by atoms with E-state index in [-0.39, 0.29) is 13.2 Å². The fourth-order valence-electron chi connectivity index (χ4n) is 1.71. The van der Waals surface area contributed by atoms with Crippen LogP contribution in [0.15, 0.2) is 47.1 Å². The van der Waals surface area contributed by atoms with Gasteiger partial charge in [0.1, 0.15) is 11.5 Å². The van der Waals surface area contributed by atoms with Gasteiger partial charge in [-0.15, -0.1) is 0 Å². The summed E-state index contributed by atoms with van der Waals surface area (Å²) in [5, 5.41) is 3.10. The topological polar surface area (TPSA) is 77.8 Å². The number of amides is 1. The van der Waals surface area contributed by atoms with Crippen LogP contribution in [0, 0.1) is 0 Å². The van der Waals surface area contributed by atoms with E-state index in [0.29, 0.717) is 16.5 Å². The summed E-state index contributed by atoms with van der Waals surface area (Å²) in [6.07, 6.45) is 0.582. The molecule has 2 aromatic rings. The molecule has 1 aromatic heterocycles. The van der Waals surface area contributed by atoms with Crippen LogP contribution >= 0.6 is 11.6 Å². The maximum absolute atomic E-state index is 11.8. The molecule has 1 aromatic carbocycles. The summed E-state index contributed by atoms with van der Waals surface area (Å²) >= 11 is 5.81. The van der Waals surface area contributed by atoms with E-state index in [1.54, 1.807) is 36.4 Å². The van der Waals surface area contributed by atoms with Crippen molar-refractivity contribution in [2.45, 2.75) is 19.6 Å². The Morgan fingerprint density at radius 1 is 1.30 bits per heavy atom. The lowest BCUT2D eigenvalue weighted by atomic mass is 10.3. The number of esters is 1. The molecule has 6 nitrogen and oxygen atoms in total.